The van der Waals surface area contributed by atoms with E-state index < -0.39 is 41.0 Å². The van der Waals surface area contributed by atoms with E-state index in [1.807, 2.05) is 0 Å². The molecule has 0 radical (unpaired) electrons. The molecular formula is C24H24ClFN4O7S2. The van der Waals surface area contributed by atoms with E-state index >= 15 is 4.39 Å². The summed E-state index contributed by atoms with van der Waals surface area (Å²) in [6.07, 6.45) is -1.84. The molecule has 1 aromatic carbocycles. The molecule has 0 aliphatic carbocycles. The van der Waals surface area contributed by atoms with E-state index in [9.17, 15) is 24.0 Å². The standard InChI is InChI=1S/C24H24ClFN4O7S2/c1-13(27)23(34)38-12-21(32)30(22(33)18-4-5-19(25)39-18)10-15-9-29(24(35)37-15)17-3-2-14(8-16(17)26)28-6-7-36-11-20(28)31/h2-5,8,13,15H,6-7,9-12,27H2,1H3/t13-,15?/m0/s1. The van der Waals surface area contributed by atoms with Gasteiger partial charge in [-0.2, -0.15) is 0 Å². The summed E-state index contributed by atoms with van der Waals surface area (Å²) in [6.45, 7) is 1.48. The van der Waals surface area contributed by atoms with Gasteiger partial charge in [0.25, 0.3) is 11.8 Å². The molecule has 2 fully saturated rings. The lowest BCUT2D eigenvalue weighted by Gasteiger charge is -2.27. The maximum atomic E-state index is 15.1. The zero-order valence-electron chi connectivity index (χ0n) is 20.6. The van der Waals surface area contributed by atoms with Crippen LogP contribution in [0.2, 0.25) is 4.34 Å². The molecule has 3 heterocycles. The van der Waals surface area contributed by atoms with Crippen molar-refractivity contribution in [3.05, 3.63) is 45.4 Å². The average molecular weight is 599 g/mol. The number of imide groups is 1. The summed E-state index contributed by atoms with van der Waals surface area (Å²) in [4.78, 5) is 66.3. The number of amides is 4. The van der Waals surface area contributed by atoms with Gasteiger partial charge >= 0.3 is 6.09 Å². The van der Waals surface area contributed by atoms with Crippen molar-refractivity contribution >= 4 is 75.0 Å². The molecular weight excluding hydrogens is 575 g/mol. The molecule has 208 valence electrons. The Hall–Kier alpha value is -3.04. The number of nitrogens with zero attached hydrogens (tertiary/aromatic N) is 3. The van der Waals surface area contributed by atoms with Crippen molar-refractivity contribution in [3.8, 4) is 0 Å². The quantitative estimate of drug-likeness (QED) is 0.485. The number of rotatable bonds is 8. The molecule has 2 aliphatic rings. The number of benzene rings is 1. The minimum atomic E-state index is -0.977. The van der Waals surface area contributed by atoms with Gasteiger partial charge < -0.3 is 20.1 Å². The predicted molar refractivity (Wildman–Crippen MR) is 144 cm³/mol. The van der Waals surface area contributed by atoms with Crippen LogP contribution in [-0.4, -0.2) is 84.6 Å². The molecule has 1 unspecified atom stereocenters. The molecule has 0 bridgehead atoms. The maximum Gasteiger partial charge on any atom is 0.414 e. The zero-order chi connectivity index (χ0) is 28.3. The Morgan fingerprint density at radius 3 is 2.67 bits per heavy atom. The maximum absolute atomic E-state index is 15.1. The lowest BCUT2D eigenvalue weighted by Crippen LogP contribution is -2.44. The minimum absolute atomic E-state index is 0.0840. The minimum Gasteiger partial charge on any atom is -0.442 e. The van der Waals surface area contributed by atoms with E-state index in [4.69, 9.17) is 26.8 Å². The third-order valence-corrected chi connectivity index (χ3v) is 8.09. The number of halogens is 2. The van der Waals surface area contributed by atoms with Gasteiger partial charge in [0.1, 0.15) is 18.5 Å². The number of thiophene rings is 1. The summed E-state index contributed by atoms with van der Waals surface area (Å²) < 4.78 is 25.9. The van der Waals surface area contributed by atoms with Crippen molar-refractivity contribution < 1.29 is 37.8 Å². The van der Waals surface area contributed by atoms with Crippen molar-refractivity contribution in [1.82, 2.24) is 4.90 Å². The summed E-state index contributed by atoms with van der Waals surface area (Å²) in [5.41, 5.74) is 5.79. The Morgan fingerprint density at radius 1 is 1.26 bits per heavy atom. The van der Waals surface area contributed by atoms with Crippen LogP contribution in [0.3, 0.4) is 0 Å². The normalized spacial score (nSPS) is 18.2. The lowest BCUT2D eigenvalue weighted by atomic mass is 10.2. The van der Waals surface area contributed by atoms with E-state index in [-0.39, 0.29) is 48.5 Å². The van der Waals surface area contributed by atoms with Crippen molar-refractivity contribution in [2.75, 3.05) is 48.4 Å². The van der Waals surface area contributed by atoms with E-state index in [0.717, 1.165) is 27.2 Å². The lowest BCUT2D eigenvalue weighted by molar-refractivity contribution is -0.127. The molecule has 4 rings (SSSR count). The van der Waals surface area contributed by atoms with Gasteiger partial charge in [0.2, 0.25) is 11.0 Å². The SMILES string of the molecule is C[C@H](N)C(=O)SCC(=O)N(CC1CN(c2ccc(N3CCOCC3=O)cc2F)C(=O)O1)C(=O)c1ccc(Cl)s1. The van der Waals surface area contributed by atoms with Gasteiger partial charge in [0, 0.05) is 12.2 Å². The monoisotopic (exact) mass is 598 g/mol. The second kappa shape index (κ2) is 12.4. The van der Waals surface area contributed by atoms with Crippen LogP contribution in [0.1, 0.15) is 16.6 Å². The third-order valence-electron chi connectivity index (χ3n) is 5.82. The molecule has 2 N–H and O–H groups in total. The van der Waals surface area contributed by atoms with Crippen LogP contribution in [0.25, 0.3) is 0 Å². The van der Waals surface area contributed by atoms with Gasteiger partial charge in [-0.3, -0.25) is 29.0 Å². The Morgan fingerprint density at radius 2 is 2.03 bits per heavy atom. The van der Waals surface area contributed by atoms with Gasteiger partial charge in [0.15, 0.2) is 0 Å². The first kappa shape index (κ1) is 29.0. The molecule has 2 atom stereocenters. The first-order chi connectivity index (χ1) is 18.5. The summed E-state index contributed by atoms with van der Waals surface area (Å²) in [5, 5.41) is -0.425. The second-order valence-electron chi connectivity index (χ2n) is 8.66. The Labute approximate surface area is 235 Å². The first-order valence-corrected chi connectivity index (χ1v) is 13.9. The zero-order valence-corrected chi connectivity index (χ0v) is 23.0. The number of carbonyl (C=O) groups is 5. The summed E-state index contributed by atoms with van der Waals surface area (Å²) >= 11 is 7.59. The Balaban J connectivity index is 1.49. The molecule has 1 aromatic heterocycles. The highest BCUT2D eigenvalue weighted by molar-refractivity contribution is 8.14. The fraction of sp³-hybridized carbons (Fsp3) is 0.375. The Bertz CT molecular complexity index is 1310. The van der Waals surface area contributed by atoms with Crippen molar-refractivity contribution in [2.24, 2.45) is 5.73 Å². The molecule has 0 spiro atoms. The number of hydrogen-bond acceptors (Lipinski definition) is 10. The number of hydrogen-bond donors (Lipinski definition) is 1. The fourth-order valence-electron chi connectivity index (χ4n) is 3.89. The van der Waals surface area contributed by atoms with Crippen LogP contribution in [-0.2, 0) is 23.9 Å². The van der Waals surface area contributed by atoms with Crippen LogP contribution in [0.5, 0.6) is 0 Å². The number of morpholine rings is 1. The average Bonchev–Trinajstić information content (AvgIpc) is 3.50. The van der Waals surface area contributed by atoms with E-state index in [1.54, 1.807) is 0 Å². The van der Waals surface area contributed by atoms with Crippen LogP contribution in [0.15, 0.2) is 30.3 Å². The summed E-state index contributed by atoms with van der Waals surface area (Å²) in [7, 11) is 0. The predicted octanol–water partition coefficient (Wildman–Crippen LogP) is 2.51. The molecule has 2 saturated heterocycles. The number of thioether (sulfide) groups is 1. The van der Waals surface area contributed by atoms with Gasteiger partial charge in [-0.05, 0) is 37.3 Å². The topological polar surface area (TPSA) is 140 Å². The van der Waals surface area contributed by atoms with E-state index in [1.165, 1.54) is 36.1 Å². The van der Waals surface area contributed by atoms with Crippen molar-refractivity contribution in [2.45, 2.75) is 19.1 Å². The van der Waals surface area contributed by atoms with Gasteiger partial charge in [-0.15, -0.1) is 11.3 Å². The molecule has 4 amide bonds. The number of nitrogens with two attached hydrogens (primary N) is 1. The largest absolute Gasteiger partial charge is 0.442 e. The van der Waals surface area contributed by atoms with Crippen LogP contribution in [0.4, 0.5) is 20.6 Å². The summed E-state index contributed by atoms with van der Waals surface area (Å²) in [6, 6.07) is 6.18. The highest BCUT2D eigenvalue weighted by atomic mass is 35.5. The molecule has 11 nitrogen and oxygen atoms in total. The van der Waals surface area contributed by atoms with E-state index in [2.05, 4.69) is 0 Å². The van der Waals surface area contributed by atoms with Gasteiger partial charge in [-0.25, -0.2) is 9.18 Å². The third kappa shape index (κ3) is 6.76. The number of ether oxygens (including phenoxy) is 2. The van der Waals surface area contributed by atoms with Crippen molar-refractivity contribution in [3.63, 3.8) is 0 Å². The second-order valence-corrected chi connectivity index (χ2v) is 11.4. The van der Waals surface area contributed by atoms with Crippen molar-refractivity contribution in [1.29, 1.82) is 0 Å². The first-order valence-electron chi connectivity index (χ1n) is 11.7. The fourth-order valence-corrected chi connectivity index (χ4v) is 5.57. The number of anilines is 2. The highest BCUT2D eigenvalue weighted by Gasteiger charge is 2.38. The smallest absolute Gasteiger partial charge is 0.414 e. The molecule has 2 aromatic rings. The molecule has 0 saturated carbocycles. The van der Waals surface area contributed by atoms with Gasteiger partial charge in [0.05, 0.1) is 46.4 Å². The van der Waals surface area contributed by atoms with E-state index in [0.29, 0.717) is 28.4 Å². The summed E-state index contributed by atoms with van der Waals surface area (Å²) in [5.74, 6) is -2.79. The van der Waals surface area contributed by atoms with Gasteiger partial charge in [-0.1, -0.05) is 23.4 Å². The molecule has 2 aliphatic heterocycles. The number of carbonyl (C=O) groups excluding carboxylic acids is 5. The van der Waals surface area contributed by atoms with Crippen LogP contribution in [0, 0.1) is 5.82 Å². The highest BCUT2D eigenvalue weighted by Crippen LogP contribution is 2.30. The Kier molecular flexibility index (Phi) is 9.23. The van der Waals surface area contributed by atoms with Crippen LogP contribution < -0.4 is 15.5 Å². The molecule has 15 heteroatoms. The van der Waals surface area contributed by atoms with Crippen LogP contribution >= 0.6 is 34.7 Å². The molecule has 39 heavy (non-hydrogen) atoms. The number of cyclic esters (lactones) is 1.